The molecule has 100 valence electrons. The van der Waals surface area contributed by atoms with Crippen LogP contribution in [-0.2, 0) is 6.54 Å². The van der Waals surface area contributed by atoms with E-state index in [1.165, 1.54) is 0 Å². The Morgan fingerprint density at radius 1 is 1.42 bits per heavy atom. The second-order valence-electron chi connectivity index (χ2n) is 4.31. The van der Waals surface area contributed by atoms with Gasteiger partial charge in [0.1, 0.15) is 0 Å². The molecule has 0 saturated carbocycles. The van der Waals surface area contributed by atoms with E-state index >= 15 is 0 Å². The van der Waals surface area contributed by atoms with Gasteiger partial charge in [-0.05, 0) is 47.5 Å². The number of hydrogen-bond acceptors (Lipinski definition) is 3. The van der Waals surface area contributed by atoms with Crippen molar-refractivity contribution < 1.29 is 0 Å². The van der Waals surface area contributed by atoms with E-state index in [4.69, 9.17) is 17.3 Å². The molecule has 2 rings (SSSR count). The Morgan fingerprint density at radius 3 is 2.74 bits per heavy atom. The number of nitrogen functional groups attached to an aromatic ring is 1. The summed E-state index contributed by atoms with van der Waals surface area (Å²) in [5.74, 6) is 0. The first-order chi connectivity index (χ1) is 8.90. The normalized spacial score (nSPS) is 10.7. The zero-order chi connectivity index (χ0) is 14.2. The highest BCUT2D eigenvalue weighted by atomic mass is 79.9. The SMILES string of the molecule is Cc1nc(=O)n(Cc2ccc(Cl)cc2N)c(C)c1Br. The minimum atomic E-state index is -0.285. The highest BCUT2D eigenvalue weighted by Crippen LogP contribution is 2.21. The summed E-state index contributed by atoms with van der Waals surface area (Å²) >= 11 is 9.29. The number of benzene rings is 1. The van der Waals surface area contributed by atoms with Gasteiger partial charge in [-0.3, -0.25) is 4.57 Å². The van der Waals surface area contributed by atoms with Crippen molar-refractivity contribution in [1.82, 2.24) is 9.55 Å². The largest absolute Gasteiger partial charge is 0.398 e. The zero-order valence-electron chi connectivity index (χ0n) is 10.6. The average Bonchev–Trinajstić information content (AvgIpc) is 2.34. The lowest BCUT2D eigenvalue weighted by Gasteiger charge is -2.13. The summed E-state index contributed by atoms with van der Waals surface area (Å²) in [6.07, 6.45) is 0. The molecule has 0 spiro atoms. The van der Waals surface area contributed by atoms with Crippen LogP contribution in [0.15, 0.2) is 27.5 Å². The van der Waals surface area contributed by atoms with E-state index < -0.39 is 0 Å². The van der Waals surface area contributed by atoms with Crippen molar-refractivity contribution in [3.05, 3.63) is 55.1 Å². The predicted molar refractivity (Wildman–Crippen MR) is 80.6 cm³/mol. The molecule has 0 unspecified atom stereocenters. The van der Waals surface area contributed by atoms with Crippen LogP contribution in [0.25, 0.3) is 0 Å². The number of nitrogens with zero attached hydrogens (tertiary/aromatic N) is 2. The van der Waals surface area contributed by atoms with Crippen LogP contribution in [0.1, 0.15) is 17.0 Å². The molecular weight excluding hydrogens is 330 g/mol. The highest BCUT2D eigenvalue weighted by molar-refractivity contribution is 9.10. The summed E-state index contributed by atoms with van der Waals surface area (Å²) in [5, 5.41) is 0.577. The van der Waals surface area contributed by atoms with Crippen molar-refractivity contribution in [3.63, 3.8) is 0 Å². The fraction of sp³-hybridized carbons (Fsp3) is 0.231. The van der Waals surface area contributed by atoms with Gasteiger partial charge in [-0.25, -0.2) is 4.79 Å². The van der Waals surface area contributed by atoms with Gasteiger partial charge in [-0.2, -0.15) is 4.98 Å². The smallest absolute Gasteiger partial charge is 0.348 e. The highest BCUT2D eigenvalue weighted by Gasteiger charge is 2.10. The third-order valence-electron chi connectivity index (χ3n) is 2.97. The van der Waals surface area contributed by atoms with Crippen molar-refractivity contribution >= 4 is 33.2 Å². The van der Waals surface area contributed by atoms with E-state index in [1.54, 1.807) is 23.6 Å². The molecule has 0 fully saturated rings. The third-order valence-corrected chi connectivity index (χ3v) is 4.35. The van der Waals surface area contributed by atoms with Crippen molar-refractivity contribution in [2.45, 2.75) is 20.4 Å². The van der Waals surface area contributed by atoms with Crippen LogP contribution >= 0.6 is 27.5 Å². The molecule has 0 aliphatic rings. The number of anilines is 1. The molecule has 0 aliphatic heterocycles. The molecule has 1 heterocycles. The zero-order valence-corrected chi connectivity index (χ0v) is 12.9. The lowest BCUT2D eigenvalue weighted by molar-refractivity contribution is 0.690. The van der Waals surface area contributed by atoms with Gasteiger partial charge >= 0.3 is 5.69 Å². The monoisotopic (exact) mass is 341 g/mol. The van der Waals surface area contributed by atoms with Gasteiger partial charge in [0.05, 0.1) is 16.7 Å². The van der Waals surface area contributed by atoms with Crippen LogP contribution in [0.4, 0.5) is 5.69 Å². The first-order valence-electron chi connectivity index (χ1n) is 5.67. The molecule has 0 aliphatic carbocycles. The summed E-state index contributed by atoms with van der Waals surface area (Å²) in [6.45, 7) is 4.03. The molecule has 0 atom stereocenters. The molecule has 2 N–H and O–H groups in total. The van der Waals surface area contributed by atoms with Gasteiger partial charge in [0, 0.05) is 16.4 Å². The summed E-state index contributed by atoms with van der Waals surface area (Å²) in [6, 6.07) is 5.25. The Morgan fingerprint density at radius 2 is 2.11 bits per heavy atom. The molecule has 6 heteroatoms. The molecule has 1 aromatic heterocycles. The minimum Gasteiger partial charge on any atom is -0.398 e. The fourth-order valence-corrected chi connectivity index (χ4v) is 2.33. The quantitative estimate of drug-likeness (QED) is 0.854. The van der Waals surface area contributed by atoms with E-state index in [0.717, 1.165) is 15.7 Å². The summed E-state index contributed by atoms with van der Waals surface area (Å²) in [7, 11) is 0. The molecule has 2 aromatic rings. The van der Waals surface area contributed by atoms with Crippen LogP contribution < -0.4 is 11.4 Å². The standard InChI is InChI=1S/C13H13BrClN3O/c1-7-12(14)8(2)18(13(19)17-7)6-9-3-4-10(15)5-11(9)16/h3-5H,6,16H2,1-2H3. The van der Waals surface area contributed by atoms with E-state index in [9.17, 15) is 4.79 Å². The van der Waals surface area contributed by atoms with Crippen LogP contribution in [0.5, 0.6) is 0 Å². The minimum absolute atomic E-state index is 0.285. The van der Waals surface area contributed by atoms with Gasteiger partial charge < -0.3 is 5.73 Å². The molecule has 0 saturated heterocycles. The van der Waals surface area contributed by atoms with Gasteiger partial charge in [0.25, 0.3) is 0 Å². The van der Waals surface area contributed by atoms with E-state index in [0.29, 0.717) is 22.9 Å². The Hall–Kier alpha value is -1.33. The molecule has 0 amide bonds. The number of hydrogen-bond donors (Lipinski definition) is 1. The Labute approximate surface area is 124 Å². The topological polar surface area (TPSA) is 60.9 Å². The summed E-state index contributed by atoms with van der Waals surface area (Å²) in [4.78, 5) is 15.9. The van der Waals surface area contributed by atoms with Crippen molar-refractivity contribution in [2.75, 3.05) is 5.73 Å². The summed E-state index contributed by atoms with van der Waals surface area (Å²) in [5.41, 5.74) is 8.53. The maximum atomic E-state index is 12.0. The maximum absolute atomic E-state index is 12.0. The van der Waals surface area contributed by atoms with Crippen molar-refractivity contribution in [3.8, 4) is 0 Å². The third kappa shape index (κ3) is 2.82. The van der Waals surface area contributed by atoms with Gasteiger partial charge in [0.2, 0.25) is 0 Å². The molecule has 0 bridgehead atoms. The average molecular weight is 343 g/mol. The Balaban J connectivity index is 2.50. The lowest BCUT2D eigenvalue weighted by atomic mass is 10.1. The number of nitrogens with two attached hydrogens (primary N) is 1. The van der Waals surface area contributed by atoms with Gasteiger partial charge in [-0.15, -0.1) is 0 Å². The van der Waals surface area contributed by atoms with Gasteiger partial charge in [-0.1, -0.05) is 17.7 Å². The van der Waals surface area contributed by atoms with E-state index in [2.05, 4.69) is 20.9 Å². The second kappa shape index (κ2) is 5.35. The molecule has 4 nitrogen and oxygen atoms in total. The number of aromatic nitrogens is 2. The predicted octanol–water partition coefficient (Wildman–Crippen LogP) is 2.91. The van der Waals surface area contributed by atoms with Crippen LogP contribution in [0.3, 0.4) is 0 Å². The van der Waals surface area contributed by atoms with Crippen molar-refractivity contribution in [1.29, 1.82) is 0 Å². The van der Waals surface area contributed by atoms with Crippen molar-refractivity contribution in [2.24, 2.45) is 0 Å². The number of halogens is 2. The molecule has 19 heavy (non-hydrogen) atoms. The van der Waals surface area contributed by atoms with Crippen LogP contribution in [-0.4, -0.2) is 9.55 Å². The fourth-order valence-electron chi connectivity index (χ4n) is 1.84. The maximum Gasteiger partial charge on any atom is 0.348 e. The first kappa shape index (κ1) is 14.1. The first-order valence-corrected chi connectivity index (χ1v) is 6.84. The Kier molecular flexibility index (Phi) is 3.96. The number of aryl methyl sites for hydroxylation is 1. The molecular formula is C13H13BrClN3O. The van der Waals surface area contributed by atoms with E-state index in [-0.39, 0.29) is 5.69 Å². The summed E-state index contributed by atoms with van der Waals surface area (Å²) < 4.78 is 2.41. The second-order valence-corrected chi connectivity index (χ2v) is 5.54. The lowest BCUT2D eigenvalue weighted by Crippen LogP contribution is -2.27. The number of rotatable bonds is 2. The molecule has 0 radical (unpaired) electrons. The van der Waals surface area contributed by atoms with Crippen LogP contribution in [0, 0.1) is 13.8 Å². The molecule has 1 aromatic carbocycles. The van der Waals surface area contributed by atoms with E-state index in [1.807, 2.05) is 13.0 Å². The van der Waals surface area contributed by atoms with Gasteiger partial charge in [0.15, 0.2) is 0 Å². The van der Waals surface area contributed by atoms with Crippen LogP contribution in [0.2, 0.25) is 5.02 Å². The Bertz CT molecular complexity index is 697.